The smallest absolute Gasteiger partial charge is 0.334 e. The van der Waals surface area contributed by atoms with E-state index in [1.165, 1.54) is 11.7 Å². The molecule has 0 aliphatic heterocycles. The predicted molar refractivity (Wildman–Crippen MR) is 158 cm³/mol. The number of fused-ring (bicyclic) bond motifs is 1. The van der Waals surface area contributed by atoms with E-state index in [9.17, 15) is 9.59 Å². The second-order valence-corrected chi connectivity index (χ2v) is 11.4. The summed E-state index contributed by atoms with van der Waals surface area (Å²) < 4.78 is 10.2. The van der Waals surface area contributed by atoms with Crippen LogP contribution in [0.4, 0.5) is 0 Å². The first-order valence-electron chi connectivity index (χ1n) is 13.8. The zero-order valence-corrected chi connectivity index (χ0v) is 24.4. The molecule has 1 atom stereocenters. The van der Waals surface area contributed by atoms with Crippen molar-refractivity contribution in [2.24, 2.45) is 5.41 Å². The van der Waals surface area contributed by atoms with Crippen LogP contribution in [0.15, 0.2) is 58.1 Å². The average Bonchev–Trinajstić information content (AvgIpc) is 3.60. The van der Waals surface area contributed by atoms with Crippen LogP contribution < -0.4 is 11.2 Å². The Morgan fingerprint density at radius 1 is 1.00 bits per heavy atom. The number of hydrogen-bond acceptors (Lipinski definition) is 7. The van der Waals surface area contributed by atoms with Gasteiger partial charge in [0.1, 0.15) is 12.1 Å². The first-order chi connectivity index (χ1) is 19.6. The third-order valence-electron chi connectivity index (χ3n) is 7.10. The lowest BCUT2D eigenvalue weighted by Gasteiger charge is -2.19. The van der Waals surface area contributed by atoms with E-state index in [0.717, 1.165) is 34.5 Å². The van der Waals surface area contributed by atoms with Crippen LogP contribution in [-0.2, 0) is 24.2 Å². The molecule has 5 aromatic rings. The summed E-state index contributed by atoms with van der Waals surface area (Å²) >= 11 is 0. The molecule has 0 aliphatic carbocycles. The molecule has 5 rings (SSSR count). The second-order valence-electron chi connectivity index (χ2n) is 11.4. The largest absolute Gasteiger partial charge is 0.361 e. The van der Waals surface area contributed by atoms with E-state index in [-0.39, 0.29) is 5.41 Å². The van der Waals surface area contributed by atoms with Gasteiger partial charge >= 0.3 is 5.69 Å². The molecule has 1 N–H and O–H groups in total. The van der Waals surface area contributed by atoms with Crippen molar-refractivity contribution in [2.75, 3.05) is 7.11 Å². The fraction of sp³-hybridized carbons (Fsp3) is 0.400. The molecule has 1 unspecified atom stereocenters. The van der Waals surface area contributed by atoms with E-state index < -0.39 is 17.5 Å². The summed E-state index contributed by atoms with van der Waals surface area (Å²) in [4.78, 5) is 32.2. The van der Waals surface area contributed by atoms with Crippen molar-refractivity contribution >= 4 is 11.2 Å². The molecule has 0 bridgehead atoms. The number of benzene rings is 2. The van der Waals surface area contributed by atoms with Crippen LogP contribution in [0.25, 0.3) is 33.7 Å². The van der Waals surface area contributed by atoms with Crippen LogP contribution in [0.1, 0.15) is 58.7 Å². The van der Waals surface area contributed by atoms with Gasteiger partial charge in [-0.2, -0.15) is 5.21 Å². The number of aromatic amines is 1. The molecule has 2 aromatic carbocycles. The van der Waals surface area contributed by atoms with Crippen LogP contribution in [-0.4, -0.2) is 46.4 Å². The number of nitrogens with zero attached hydrogens (tertiary/aromatic N) is 7. The minimum Gasteiger partial charge on any atom is -0.361 e. The lowest BCUT2D eigenvalue weighted by molar-refractivity contribution is 0.0530. The molecule has 0 fully saturated rings. The van der Waals surface area contributed by atoms with E-state index in [1.54, 1.807) is 11.5 Å². The van der Waals surface area contributed by atoms with Crippen molar-refractivity contribution < 1.29 is 4.74 Å². The minimum atomic E-state index is -0.713. The highest BCUT2D eigenvalue weighted by atomic mass is 16.5. The Labute approximate surface area is 237 Å². The van der Waals surface area contributed by atoms with Gasteiger partial charge in [0.2, 0.25) is 5.82 Å². The topological polar surface area (TPSA) is 126 Å². The SMILES string of the molecule is CCCn1c(=O)n(C(C)OC)c(=O)c2c1nc(CC(C)(C)C)n2Cc1ccc(-c2ccccc2-c2nn[nH]n2)cc1. The lowest BCUT2D eigenvalue weighted by Crippen LogP contribution is -2.42. The van der Waals surface area contributed by atoms with E-state index in [4.69, 9.17) is 9.72 Å². The summed E-state index contributed by atoms with van der Waals surface area (Å²) in [6.45, 7) is 11.0. The summed E-state index contributed by atoms with van der Waals surface area (Å²) in [6.07, 6.45) is 0.649. The van der Waals surface area contributed by atoms with Gasteiger partial charge in [0.15, 0.2) is 11.2 Å². The number of aromatic nitrogens is 8. The van der Waals surface area contributed by atoms with Crippen molar-refractivity contribution in [3.63, 3.8) is 0 Å². The maximum atomic E-state index is 13.9. The van der Waals surface area contributed by atoms with Crippen molar-refractivity contribution in [2.45, 2.75) is 66.8 Å². The Hall–Kier alpha value is -4.38. The summed E-state index contributed by atoms with van der Waals surface area (Å²) in [7, 11) is 1.49. The third-order valence-corrected chi connectivity index (χ3v) is 7.10. The summed E-state index contributed by atoms with van der Waals surface area (Å²) in [6, 6.07) is 16.1. The van der Waals surface area contributed by atoms with Gasteiger partial charge in [-0.15, -0.1) is 10.2 Å². The fourth-order valence-electron chi connectivity index (χ4n) is 5.12. The van der Waals surface area contributed by atoms with Crippen LogP contribution in [0.2, 0.25) is 0 Å². The van der Waals surface area contributed by atoms with Gasteiger partial charge in [0.05, 0.1) is 0 Å². The number of imidazole rings is 1. The molecule has 11 nitrogen and oxygen atoms in total. The van der Waals surface area contributed by atoms with Gasteiger partial charge in [-0.3, -0.25) is 9.36 Å². The van der Waals surface area contributed by atoms with Gasteiger partial charge in [-0.05, 0) is 40.7 Å². The molecule has 0 saturated heterocycles. The number of hydrogen-bond donors (Lipinski definition) is 1. The van der Waals surface area contributed by atoms with E-state index in [2.05, 4.69) is 53.5 Å². The standard InChI is InChI=1S/C30H36N8O3/c1-7-16-36-27-25(28(39)38(29(36)40)19(2)41-6)37(24(31-27)17-30(3,4)5)18-20-12-14-21(15-13-20)22-10-8-9-11-23(22)26-32-34-35-33-26/h8-15,19H,7,16-18H2,1-6H3,(H,32,33,34,35). The lowest BCUT2D eigenvalue weighted by atomic mass is 9.92. The monoisotopic (exact) mass is 556 g/mol. The molecule has 3 heterocycles. The van der Waals surface area contributed by atoms with E-state index >= 15 is 0 Å². The Balaban J connectivity index is 1.64. The molecule has 0 radical (unpaired) electrons. The van der Waals surface area contributed by atoms with Crippen LogP contribution in [0, 0.1) is 5.41 Å². The Kier molecular flexibility index (Phi) is 7.72. The number of aryl methyl sites for hydroxylation is 1. The maximum absolute atomic E-state index is 13.9. The molecule has 11 heteroatoms. The first-order valence-corrected chi connectivity index (χ1v) is 13.8. The molecule has 0 saturated carbocycles. The van der Waals surface area contributed by atoms with Crippen LogP contribution in [0.3, 0.4) is 0 Å². The van der Waals surface area contributed by atoms with Crippen LogP contribution in [0.5, 0.6) is 0 Å². The average molecular weight is 557 g/mol. The van der Waals surface area contributed by atoms with E-state index in [0.29, 0.717) is 36.5 Å². The summed E-state index contributed by atoms with van der Waals surface area (Å²) in [5.41, 5.74) is 3.81. The molecular weight excluding hydrogens is 520 g/mol. The number of H-pyrrole nitrogens is 1. The highest BCUT2D eigenvalue weighted by Gasteiger charge is 2.26. The van der Waals surface area contributed by atoms with Crippen molar-refractivity contribution in [1.29, 1.82) is 0 Å². The normalized spacial score (nSPS) is 12.7. The van der Waals surface area contributed by atoms with Crippen molar-refractivity contribution in [3.05, 3.63) is 80.8 Å². The molecule has 0 aliphatic rings. The molecule has 3 aromatic heterocycles. The number of nitrogens with one attached hydrogen (secondary N) is 1. The van der Waals surface area contributed by atoms with Crippen LogP contribution >= 0.6 is 0 Å². The minimum absolute atomic E-state index is 0.0867. The molecule has 0 spiro atoms. The van der Waals surface area contributed by atoms with Crippen molar-refractivity contribution in [1.82, 2.24) is 39.3 Å². The van der Waals surface area contributed by atoms with E-state index in [1.807, 2.05) is 47.9 Å². The predicted octanol–water partition coefficient (Wildman–Crippen LogP) is 4.42. The fourth-order valence-corrected chi connectivity index (χ4v) is 5.12. The number of ether oxygens (including phenoxy) is 1. The van der Waals surface area contributed by atoms with Gasteiger partial charge in [-0.1, -0.05) is 76.2 Å². The summed E-state index contributed by atoms with van der Waals surface area (Å²) in [5, 5.41) is 14.5. The highest BCUT2D eigenvalue weighted by molar-refractivity contribution is 5.80. The Morgan fingerprint density at radius 3 is 2.32 bits per heavy atom. The van der Waals surface area contributed by atoms with Gasteiger partial charge in [0, 0.05) is 32.2 Å². The highest BCUT2D eigenvalue weighted by Crippen LogP contribution is 2.30. The van der Waals surface area contributed by atoms with Crippen molar-refractivity contribution in [3.8, 4) is 22.5 Å². The quantitative estimate of drug-likeness (QED) is 0.285. The Bertz CT molecular complexity index is 1770. The number of rotatable bonds is 9. The molecule has 41 heavy (non-hydrogen) atoms. The summed E-state index contributed by atoms with van der Waals surface area (Å²) in [5.74, 6) is 1.30. The number of methoxy groups -OCH3 is 1. The Morgan fingerprint density at radius 2 is 1.71 bits per heavy atom. The van der Waals surface area contributed by atoms with Gasteiger partial charge in [-0.25, -0.2) is 14.3 Å². The van der Waals surface area contributed by atoms with Gasteiger partial charge in [0.25, 0.3) is 5.56 Å². The zero-order chi connectivity index (χ0) is 29.3. The first kappa shape index (κ1) is 28.2. The maximum Gasteiger partial charge on any atom is 0.334 e. The molecule has 0 amide bonds. The second kappa shape index (κ2) is 11.2. The molecule has 214 valence electrons. The third kappa shape index (κ3) is 5.49. The van der Waals surface area contributed by atoms with Gasteiger partial charge < -0.3 is 9.30 Å². The molecular formula is C30H36N8O3. The number of tetrazole rings is 1. The zero-order valence-electron chi connectivity index (χ0n) is 24.4.